The second-order valence-corrected chi connectivity index (χ2v) is 5.58. The molecule has 7 heteroatoms. The molecule has 0 aliphatic heterocycles. The minimum absolute atomic E-state index is 0.217. The standard InChI is InChI=1S/C14H27NO6/c1-11(13(17)18)15-6-8-20-10-9-19-7-5-12(16)21-14(2,3)4/h11,15H,5-10H2,1-4H3,(H,17,18)/t11-/m0/s1. The van der Waals surface area contributed by atoms with Crippen LogP contribution in [0.5, 0.6) is 0 Å². The molecule has 0 aliphatic carbocycles. The molecule has 124 valence electrons. The third kappa shape index (κ3) is 13.6. The number of esters is 1. The lowest BCUT2D eigenvalue weighted by atomic mass is 10.2. The van der Waals surface area contributed by atoms with Gasteiger partial charge >= 0.3 is 11.9 Å². The zero-order chi connectivity index (χ0) is 16.3. The summed E-state index contributed by atoms with van der Waals surface area (Å²) in [5.41, 5.74) is -0.472. The summed E-state index contributed by atoms with van der Waals surface area (Å²) >= 11 is 0. The predicted molar refractivity (Wildman–Crippen MR) is 77.2 cm³/mol. The third-order valence-corrected chi connectivity index (χ3v) is 2.31. The van der Waals surface area contributed by atoms with Gasteiger partial charge in [0, 0.05) is 6.54 Å². The average Bonchev–Trinajstić information content (AvgIpc) is 2.34. The Bertz CT molecular complexity index is 313. The highest BCUT2D eigenvalue weighted by Gasteiger charge is 2.15. The highest BCUT2D eigenvalue weighted by molar-refractivity contribution is 5.72. The molecular formula is C14H27NO6. The number of ether oxygens (including phenoxy) is 3. The van der Waals surface area contributed by atoms with Crippen molar-refractivity contribution in [2.75, 3.05) is 33.0 Å². The molecule has 0 fully saturated rings. The number of hydrogen-bond acceptors (Lipinski definition) is 6. The molecule has 0 heterocycles. The first-order valence-electron chi connectivity index (χ1n) is 7.06. The van der Waals surface area contributed by atoms with Gasteiger partial charge in [-0.25, -0.2) is 0 Å². The molecule has 0 rings (SSSR count). The number of carbonyl (C=O) groups excluding carboxylic acids is 1. The summed E-state index contributed by atoms with van der Waals surface area (Å²) in [6.45, 7) is 8.98. The van der Waals surface area contributed by atoms with E-state index in [1.165, 1.54) is 0 Å². The Labute approximate surface area is 125 Å². The fourth-order valence-corrected chi connectivity index (χ4v) is 1.30. The number of carboxylic acid groups (broad SMARTS) is 1. The zero-order valence-corrected chi connectivity index (χ0v) is 13.3. The molecule has 2 N–H and O–H groups in total. The summed E-state index contributed by atoms with van der Waals surface area (Å²) in [6.07, 6.45) is 0.217. The molecule has 0 saturated heterocycles. The number of aliphatic carboxylic acids is 1. The second-order valence-electron chi connectivity index (χ2n) is 5.58. The Balaban J connectivity index is 3.34. The van der Waals surface area contributed by atoms with Gasteiger partial charge in [-0.1, -0.05) is 0 Å². The first-order valence-corrected chi connectivity index (χ1v) is 7.06. The van der Waals surface area contributed by atoms with Crippen molar-refractivity contribution in [2.45, 2.75) is 45.8 Å². The van der Waals surface area contributed by atoms with E-state index in [4.69, 9.17) is 19.3 Å². The van der Waals surface area contributed by atoms with E-state index in [0.29, 0.717) is 33.0 Å². The van der Waals surface area contributed by atoms with Crippen LogP contribution in [0.3, 0.4) is 0 Å². The van der Waals surface area contributed by atoms with Crippen molar-refractivity contribution < 1.29 is 28.9 Å². The van der Waals surface area contributed by atoms with Crippen LogP contribution >= 0.6 is 0 Å². The molecule has 0 unspecified atom stereocenters. The van der Waals surface area contributed by atoms with Crippen molar-refractivity contribution >= 4 is 11.9 Å². The Kier molecular flexibility index (Phi) is 9.94. The molecule has 0 aliphatic rings. The largest absolute Gasteiger partial charge is 0.480 e. The zero-order valence-electron chi connectivity index (χ0n) is 13.3. The van der Waals surface area contributed by atoms with E-state index in [2.05, 4.69) is 5.32 Å². The molecule has 1 atom stereocenters. The highest BCUT2D eigenvalue weighted by atomic mass is 16.6. The van der Waals surface area contributed by atoms with Crippen molar-refractivity contribution in [1.82, 2.24) is 5.32 Å². The fourth-order valence-electron chi connectivity index (χ4n) is 1.30. The van der Waals surface area contributed by atoms with Gasteiger partial charge in [-0.05, 0) is 27.7 Å². The van der Waals surface area contributed by atoms with Gasteiger partial charge in [0.25, 0.3) is 0 Å². The summed E-state index contributed by atoms with van der Waals surface area (Å²) in [6, 6.07) is -0.585. The summed E-state index contributed by atoms with van der Waals surface area (Å²) in [4.78, 5) is 21.9. The van der Waals surface area contributed by atoms with E-state index in [-0.39, 0.29) is 12.4 Å². The third-order valence-electron chi connectivity index (χ3n) is 2.31. The van der Waals surface area contributed by atoms with Crippen molar-refractivity contribution in [1.29, 1.82) is 0 Å². The fraction of sp³-hybridized carbons (Fsp3) is 0.857. The van der Waals surface area contributed by atoms with Crippen molar-refractivity contribution in [3.05, 3.63) is 0 Å². The molecular weight excluding hydrogens is 278 g/mol. The van der Waals surface area contributed by atoms with Crippen molar-refractivity contribution in [2.24, 2.45) is 0 Å². The molecule has 0 bridgehead atoms. The normalized spacial score (nSPS) is 13.0. The van der Waals surface area contributed by atoms with Gasteiger partial charge in [0.05, 0.1) is 32.8 Å². The molecule has 0 radical (unpaired) electrons. The summed E-state index contributed by atoms with van der Waals surface area (Å²) in [5, 5.41) is 11.4. The Morgan fingerprint density at radius 1 is 1.10 bits per heavy atom. The predicted octanol–water partition coefficient (Wildman–Crippen LogP) is 0.814. The van der Waals surface area contributed by atoms with E-state index in [9.17, 15) is 9.59 Å². The molecule has 21 heavy (non-hydrogen) atoms. The number of hydrogen-bond donors (Lipinski definition) is 2. The van der Waals surface area contributed by atoms with E-state index in [1.807, 2.05) is 20.8 Å². The SMILES string of the molecule is C[C@H](NCCOCCOCCC(=O)OC(C)(C)C)C(=O)O. The van der Waals surface area contributed by atoms with Crippen LogP contribution in [0.1, 0.15) is 34.1 Å². The molecule has 0 aromatic heterocycles. The first kappa shape index (κ1) is 19.8. The van der Waals surface area contributed by atoms with Crippen LogP contribution < -0.4 is 5.32 Å². The molecule has 0 aromatic rings. The van der Waals surface area contributed by atoms with Crippen molar-refractivity contribution in [3.63, 3.8) is 0 Å². The number of nitrogens with one attached hydrogen (secondary N) is 1. The molecule has 0 spiro atoms. The molecule has 0 amide bonds. The van der Waals surface area contributed by atoms with Crippen LogP contribution in [0, 0.1) is 0 Å². The van der Waals surface area contributed by atoms with E-state index in [1.54, 1.807) is 6.92 Å². The number of carbonyl (C=O) groups is 2. The Morgan fingerprint density at radius 2 is 1.67 bits per heavy atom. The van der Waals surface area contributed by atoms with Gasteiger partial charge < -0.3 is 24.6 Å². The van der Waals surface area contributed by atoms with Crippen LogP contribution in [0.2, 0.25) is 0 Å². The summed E-state index contributed by atoms with van der Waals surface area (Å²) < 4.78 is 15.6. The second kappa shape index (κ2) is 10.5. The highest BCUT2D eigenvalue weighted by Crippen LogP contribution is 2.07. The van der Waals surface area contributed by atoms with Gasteiger partial charge in [-0.15, -0.1) is 0 Å². The minimum Gasteiger partial charge on any atom is -0.480 e. The minimum atomic E-state index is -0.888. The lowest BCUT2D eigenvalue weighted by Gasteiger charge is -2.19. The lowest BCUT2D eigenvalue weighted by molar-refractivity contribution is -0.156. The summed E-state index contributed by atoms with van der Waals surface area (Å²) in [5.74, 6) is -1.17. The smallest absolute Gasteiger partial charge is 0.320 e. The summed E-state index contributed by atoms with van der Waals surface area (Å²) in [7, 11) is 0. The first-order chi connectivity index (χ1) is 9.72. The molecule has 0 saturated carbocycles. The van der Waals surface area contributed by atoms with E-state index in [0.717, 1.165) is 0 Å². The van der Waals surface area contributed by atoms with Gasteiger partial charge in [0.2, 0.25) is 0 Å². The van der Waals surface area contributed by atoms with E-state index >= 15 is 0 Å². The van der Waals surface area contributed by atoms with Crippen molar-refractivity contribution in [3.8, 4) is 0 Å². The van der Waals surface area contributed by atoms with Crippen LogP contribution in [-0.2, 0) is 23.8 Å². The van der Waals surface area contributed by atoms with Crippen LogP contribution in [0.25, 0.3) is 0 Å². The van der Waals surface area contributed by atoms with Gasteiger partial charge in [0.15, 0.2) is 0 Å². The maximum absolute atomic E-state index is 11.4. The topological polar surface area (TPSA) is 94.1 Å². The molecule has 0 aromatic carbocycles. The Morgan fingerprint density at radius 3 is 2.19 bits per heavy atom. The van der Waals surface area contributed by atoms with E-state index < -0.39 is 17.6 Å². The molecule has 7 nitrogen and oxygen atoms in total. The monoisotopic (exact) mass is 305 g/mol. The van der Waals surface area contributed by atoms with Gasteiger partial charge in [0.1, 0.15) is 11.6 Å². The lowest BCUT2D eigenvalue weighted by Crippen LogP contribution is -2.36. The average molecular weight is 305 g/mol. The van der Waals surface area contributed by atoms with Crippen LogP contribution in [0.4, 0.5) is 0 Å². The van der Waals surface area contributed by atoms with Crippen LogP contribution in [0.15, 0.2) is 0 Å². The number of rotatable bonds is 11. The quantitative estimate of drug-likeness (QED) is 0.431. The maximum atomic E-state index is 11.4. The van der Waals surface area contributed by atoms with Crippen LogP contribution in [-0.4, -0.2) is 61.7 Å². The van der Waals surface area contributed by atoms with Gasteiger partial charge in [-0.2, -0.15) is 0 Å². The Hall–Kier alpha value is -1.18. The maximum Gasteiger partial charge on any atom is 0.320 e. The number of carboxylic acids is 1. The van der Waals surface area contributed by atoms with Gasteiger partial charge in [-0.3, -0.25) is 9.59 Å².